The second-order valence-electron chi connectivity index (χ2n) is 10.7. The maximum absolute atomic E-state index is 13.6. The predicted molar refractivity (Wildman–Crippen MR) is 150 cm³/mol. The van der Waals surface area contributed by atoms with Crippen LogP contribution in [-0.2, 0) is 11.3 Å². The number of aryl methyl sites for hydroxylation is 2. The molecule has 2 saturated heterocycles. The summed E-state index contributed by atoms with van der Waals surface area (Å²) >= 11 is 0. The maximum Gasteiger partial charge on any atom is 0.269 e. The minimum Gasteiger partial charge on any atom is -0.376 e. The summed E-state index contributed by atoms with van der Waals surface area (Å²) in [7, 11) is 0. The van der Waals surface area contributed by atoms with Crippen LogP contribution in [0.3, 0.4) is 0 Å². The van der Waals surface area contributed by atoms with Crippen LogP contribution in [0.4, 0.5) is 11.4 Å². The van der Waals surface area contributed by atoms with E-state index in [1.54, 1.807) is 16.8 Å². The lowest BCUT2D eigenvalue weighted by Gasteiger charge is -2.39. The Balaban J connectivity index is 1.35. The first-order chi connectivity index (χ1) is 19.4. The molecule has 2 aromatic carbocycles. The van der Waals surface area contributed by atoms with Crippen molar-refractivity contribution in [1.29, 1.82) is 0 Å². The Labute approximate surface area is 230 Å². The summed E-state index contributed by atoms with van der Waals surface area (Å²) in [5.41, 5.74) is 4.43. The van der Waals surface area contributed by atoms with Crippen molar-refractivity contribution in [3.05, 3.63) is 85.4 Å². The summed E-state index contributed by atoms with van der Waals surface area (Å²) in [6.45, 7) is 7.99. The van der Waals surface area contributed by atoms with Crippen molar-refractivity contribution in [2.75, 3.05) is 37.7 Å². The van der Waals surface area contributed by atoms with Crippen LogP contribution in [0.15, 0.2) is 47.3 Å². The van der Waals surface area contributed by atoms with Gasteiger partial charge in [-0.05, 0) is 72.3 Å². The number of nitrogens with zero attached hydrogens (tertiary/aromatic N) is 7. The van der Waals surface area contributed by atoms with Gasteiger partial charge in [0.15, 0.2) is 5.82 Å². The second-order valence-corrected chi connectivity index (χ2v) is 10.7. The molecule has 208 valence electrons. The Hall–Kier alpha value is -4.16. The van der Waals surface area contributed by atoms with Crippen molar-refractivity contribution < 1.29 is 9.66 Å². The monoisotopic (exact) mass is 544 g/mol. The molecule has 6 rings (SSSR count). The highest BCUT2D eigenvalue weighted by atomic mass is 16.6. The van der Waals surface area contributed by atoms with Crippen molar-refractivity contribution in [3.63, 3.8) is 0 Å². The minimum absolute atomic E-state index is 0.0436. The van der Waals surface area contributed by atoms with Gasteiger partial charge in [0, 0.05) is 56.2 Å². The maximum atomic E-state index is 13.6. The third-order valence-electron chi connectivity index (χ3n) is 7.93. The van der Waals surface area contributed by atoms with E-state index in [0.29, 0.717) is 44.1 Å². The molecule has 0 aliphatic carbocycles. The number of nitro benzene ring substituents is 1. The third-order valence-corrected chi connectivity index (χ3v) is 7.93. The zero-order valence-corrected chi connectivity index (χ0v) is 22.6. The first kappa shape index (κ1) is 26.1. The highest BCUT2D eigenvalue weighted by Gasteiger charge is 2.33. The first-order valence-corrected chi connectivity index (χ1v) is 13.6. The lowest BCUT2D eigenvalue weighted by Crippen LogP contribution is -2.49. The van der Waals surface area contributed by atoms with Gasteiger partial charge in [-0.2, -0.15) is 0 Å². The van der Waals surface area contributed by atoms with Crippen LogP contribution in [0.2, 0.25) is 0 Å². The molecule has 12 heteroatoms. The number of tetrazole rings is 1. The van der Waals surface area contributed by atoms with Gasteiger partial charge in [-0.1, -0.05) is 11.6 Å². The molecule has 1 N–H and O–H groups in total. The SMILES string of the molecule is Cc1cc(C)c2[nH]c(=O)c([C@H](c3nnnn3C[C@H]3CCCO3)N3CCN(c4ccc([N+](=O)[O-])cc4)CC3)cc2c1. The zero-order chi connectivity index (χ0) is 27.8. The quantitative estimate of drug-likeness (QED) is 0.275. The fourth-order valence-electron chi connectivity index (χ4n) is 5.95. The molecule has 2 aliphatic rings. The van der Waals surface area contributed by atoms with Crippen LogP contribution in [-0.4, -0.2) is 73.9 Å². The molecule has 2 aliphatic heterocycles. The smallest absolute Gasteiger partial charge is 0.269 e. The molecule has 2 aromatic heterocycles. The van der Waals surface area contributed by atoms with E-state index in [1.807, 2.05) is 19.9 Å². The highest BCUT2D eigenvalue weighted by Crippen LogP contribution is 2.30. The predicted octanol–water partition coefficient (Wildman–Crippen LogP) is 3.13. The lowest BCUT2D eigenvalue weighted by molar-refractivity contribution is -0.384. The number of anilines is 1. The standard InChI is InChI=1S/C28H32N8O4/c1-18-14-19(2)25-20(15-18)16-24(28(37)29-25)26(27-30-31-32-35(27)17-23-4-3-13-40-23)34-11-9-33(10-12-34)21-5-7-22(8-6-21)36(38)39/h5-8,14-16,23,26H,3-4,9-13,17H2,1-2H3,(H,29,37)/t23-,26-/m1/s1. The van der Waals surface area contributed by atoms with Crippen LogP contribution in [0.1, 0.15) is 41.4 Å². The molecule has 0 radical (unpaired) electrons. The van der Waals surface area contributed by atoms with Gasteiger partial charge >= 0.3 is 0 Å². The van der Waals surface area contributed by atoms with E-state index in [9.17, 15) is 14.9 Å². The average molecular weight is 545 g/mol. The molecular weight excluding hydrogens is 512 g/mol. The average Bonchev–Trinajstić information content (AvgIpc) is 3.63. The van der Waals surface area contributed by atoms with E-state index in [-0.39, 0.29) is 17.4 Å². The molecule has 4 aromatic rings. The zero-order valence-electron chi connectivity index (χ0n) is 22.6. The van der Waals surface area contributed by atoms with Crippen molar-refractivity contribution in [2.45, 2.75) is 45.4 Å². The number of fused-ring (bicyclic) bond motifs is 1. The number of rotatable bonds is 7. The molecule has 0 bridgehead atoms. The molecule has 0 amide bonds. The number of benzene rings is 2. The number of nitrogens with one attached hydrogen (secondary N) is 1. The van der Waals surface area contributed by atoms with E-state index in [4.69, 9.17) is 4.74 Å². The Bertz CT molecular complexity index is 1580. The minimum atomic E-state index is -0.454. The van der Waals surface area contributed by atoms with Gasteiger partial charge < -0.3 is 14.6 Å². The fraction of sp³-hybridized carbons (Fsp3) is 0.429. The molecule has 40 heavy (non-hydrogen) atoms. The highest BCUT2D eigenvalue weighted by molar-refractivity contribution is 5.83. The van der Waals surface area contributed by atoms with Gasteiger partial charge in [-0.15, -0.1) is 5.10 Å². The van der Waals surface area contributed by atoms with Crippen molar-refractivity contribution in [2.24, 2.45) is 0 Å². The summed E-state index contributed by atoms with van der Waals surface area (Å²) < 4.78 is 7.65. The summed E-state index contributed by atoms with van der Waals surface area (Å²) in [5.74, 6) is 0.619. The first-order valence-electron chi connectivity index (χ1n) is 13.6. The summed E-state index contributed by atoms with van der Waals surface area (Å²) in [6.07, 6.45) is 2.01. The third kappa shape index (κ3) is 5.07. The Morgan fingerprint density at radius 3 is 2.60 bits per heavy atom. The van der Waals surface area contributed by atoms with Crippen LogP contribution in [0, 0.1) is 24.0 Å². The van der Waals surface area contributed by atoms with Gasteiger partial charge in [0.25, 0.3) is 11.2 Å². The number of hydrogen-bond acceptors (Lipinski definition) is 9. The molecule has 0 unspecified atom stereocenters. The second kappa shape index (κ2) is 10.8. The van der Waals surface area contributed by atoms with Crippen molar-refractivity contribution in [3.8, 4) is 0 Å². The van der Waals surface area contributed by atoms with E-state index in [2.05, 4.69) is 42.4 Å². The molecule has 12 nitrogen and oxygen atoms in total. The topological polar surface area (TPSA) is 135 Å². The number of H-pyrrole nitrogens is 1. The van der Waals surface area contributed by atoms with Gasteiger partial charge in [0.05, 0.1) is 23.1 Å². The Kier molecular flexibility index (Phi) is 7.03. The van der Waals surface area contributed by atoms with Gasteiger partial charge in [-0.3, -0.25) is 19.8 Å². The summed E-state index contributed by atoms with van der Waals surface area (Å²) in [4.78, 5) is 31.9. The number of aromatic nitrogens is 5. The van der Waals surface area contributed by atoms with Crippen LogP contribution < -0.4 is 10.5 Å². The van der Waals surface area contributed by atoms with Crippen LogP contribution in [0.25, 0.3) is 10.9 Å². The number of ether oxygens (including phenoxy) is 1. The number of pyridine rings is 1. The Morgan fingerprint density at radius 2 is 1.90 bits per heavy atom. The number of non-ortho nitro benzene ring substituents is 1. The van der Waals surface area contributed by atoms with E-state index in [1.165, 1.54) is 12.1 Å². The molecular formula is C28H32N8O4. The molecule has 4 heterocycles. The molecule has 2 fully saturated rings. The van der Waals surface area contributed by atoms with Gasteiger partial charge in [0.2, 0.25) is 0 Å². The van der Waals surface area contributed by atoms with Crippen LogP contribution in [0.5, 0.6) is 0 Å². The Morgan fingerprint density at radius 1 is 1.12 bits per heavy atom. The van der Waals surface area contributed by atoms with Gasteiger partial charge in [-0.25, -0.2) is 4.68 Å². The van der Waals surface area contributed by atoms with E-state index >= 15 is 0 Å². The molecule has 2 atom stereocenters. The normalized spacial score (nSPS) is 18.9. The van der Waals surface area contributed by atoms with E-state index in [0.717, 1.165) is 47.2 Å². The number of nitro groups is 1. The number of aromatic amines is 1. The summed E-state index contributed by atoms with van der Waals surface area (Å²) in [5, 5.41) is 24.8. The lowest BCUT2D eigenvalue weighted by atomic mass is 10.00. The van der Waals surface area contributed by atoms with Crippen molar-refractivity contribution in [1.82, 2.24) is 30.1 Å². The van der Waals surface area contributed by atoms with E-state index < -0.39 is 11.0 Å². The summed E-state index contributed by atoms with van der Waals surface area (Å²) in [6, 6.07) is 12.3. The molecule has 0 saturated carbocycles. The van der Waals surface area contributed by atoms with Crippen LogP contribution >= 0.6 is 0 Å². The largest absolute Gasteiger partial charge is 0.376 e. The fourth-order valence-corrected chi connectivity index (χ4v) is 5.95. The molecule has 0 spiro atoms. The van der Waals surface area contributed by atoms with Crippen molar-refractivity contribution >= 4 is 22.3 Å². The number of piperazine rings is 1. The number of hydrogen-bond donors (Lipinski definition) is 1. The van der Waals surface area contributed by atoms with Gasteiger partial charge in [0.1, 0.15) is 6.04 Å².